The number of aliphatic hydroxyl groups is 1. The summed E-state index contributed by atoms with van der Waals surface area (Å²) in [6.45, 7) is 8.33. The van der Waals surface area contributed by atoms with Crippen LogP contribution in [0.5, 0.6) is 0 Å². The van der Waals surface area contributed by atoms with Crippen molar-refractivity contribution in [2.24, 2.45) is 11.3 Å². The molecule has 5 nitrogen and oxygen atoms in total. The number of nitrogens with one attached hydrogen (secondary N) is 1. The maximum absolute atomic E-state index is 12.0. The lowest BCUT2D eigenvalue weighted by Gasteiger charge is -2.33. The monoisotopic (exact) mass is 309 g/mol. The van der Waals surface area contributed by atoms with Crippen LogP contribution >= 0.6 is 11.3 Å². The number of rotatable bonds is 6. The SMILES string of the molecule is CC(C)C(O)C(C)(C)CNC(=O)Cc1cn2ccsc2n1. The van der Waals surface area contributed by atoms with E-state index in [0.717, 1.165) is 10.7 Å². The molecule has 2 heterocycles. The normalized spacial score (nSPS) is 13.8. The minimum Gasteiger partial charge on any atom is -0.392 e. The van der Waals surface area contributed by atoms with Gasteiger partial charge in [-0.1, -0.05) is 27.7 Å². The number of carbonyl (C=O) groups excluding carboxylic acids is 1. The summed E-state index contributed by atoms with van der Waals surface area (Å²) in [5, 5.41) is 15.0. The average Bonchev–Trinajstić information content (AvgIpc) is 2.96. The van der Waals surface area contributed by atoms with Gasteiger partial charge in [0, 0.05) is 29.7 Å². The Morgan fingerprint density at radius 3 is 2.86 bits per heavy atom. The van der Waals surface area contributed by atoms with Gasteiger partial charge in [0.2, 0.25) is 5.91 Å². The second kappa shape index (κ2) is 6.15. The fourth-order valence-electron chi connectivity index (χ4n) is 2.42. The van der Waals surface area contributed by atoms with Crippen LogP contribution in [-0.4, -0.2) is 33.0 Å². The van der Waals surface area contributed by atoms with Crippen LogP contribution in [0.1, 0.15) is 33.4 Å². The van der Waals surface area contributed by atoms with Gasteiger partial charge in [-0.3, -0.25) is 9.20 Å². The van der Waals surface area contributed by atoms with Gasteiger partial charge in [-0.15, -0.1) is 11.3 Å². The van der Waals surface area contributed by atoms with Gasteiger partial charge >= 0.3 is 0 Å². The largest absolute Gasteiger partial charge is 0.392 e. The van der Waals surface area contributed by atoms with Crippen LogP contribution in [0.25, 0.3) is 4.96 Å². The molecule has 0 fully saturated rings. The average molecular weight is 309 g/mol. The van der Waals surface area contributed by atoms with E-state index in [4.69, 9.17) is 0 Å². The lowest BCUT2D eigenvalue weighted by Crippen LogP contribution is -2.44. The summed E-state index contributed by atoms with van der Waals surface area (Å²) in [6.07, 6.45) is 3.62. The number of fused-ring (bicyclic) bond motifs is 1. The Morgan fingerprint density at radius 1 is 1.52 bits per heavy atom. The molecule has 1 atom stereocenters. The van der Waals surface area contributed by atoms with Crippen molar-refractivity contribution in [3.05, 3.63) is 23.5 Å². The molecule has 116 valence electrons. The molecular weight excluding hydrogens is 286 g/mol. The van der Waals surface area contributed by atoms with Gasteiger partial charge < -0.3 is 10.4 Å². The van der Waals surface area contributed by atoms with E-state index in [2.05, 4.69) is 10.3 Å². The zero-order valence-corrected chi connectivity index (χ0v) is 13.8. The van der Waals surface area contributed by atoms with Crippen molar-refractivity contribution < 1.29 is 9.90 Å². The van der Waals surface area contributed by atoms with E-state index in [1.807, 2.05) is 49.9 Å². The second-order valence-corrected chi connectivity index (χ2v) is 7.33. The molecule has 2 N–H and O–H groups in total. The molecule has 0 saturated carbocycles. The third kappa shape index (κ3) is 3.83. The van der Waals surface area contributed by atoms with Crippen LogP contribution in [-0.2, 0) is 11.2 Å². The first-order valence-corrected chi connectivity index (χ1v) is 8.03. The van der Waals surface area contributed by atoms with Gasteiger partial charge in [-0.05, 0) is 5.92 Å². The number of thiazole rings is 1. The highest BCUT2D eigenvalue weighted by Crippen LogP contribution is 2.25. The molecular formula is C15H23N3O2S. The number of carbonyl (C=O) groups is 1. The maximum Gasteiger partial charge on any atom is 0.226 e. The molecule has 2 rings (SSSR count). The smallest absolute Gasteiger partial charge is 0.226 e. The quantitative estimate of drug-likeness (QED) is 0.859. The Morgan fingerprint density at radius 2 is 2.24 bits per heavy atom. The first-order valence-electron chi connectivity index (χ1n) is 7.15. The zero-order chi connectivity index (χ0) is 15.6. The van der Waals surface area contributed by atoms with E-state index in [9.17, 15) is 9.90 Å². The van der Waals surface area contributed by atoms with E-state index < -0.39 is 6.10 Å². The van der Waals surface area contributed by atoms with Gasteiger partial charge in [0.05, 0.1) is 18.2 Å². The Labute approximate surface area is 129 Å². The fourth-order valence-corrected chi connectivity index (χ4v) is 3.14. The van der Waals surface area contributed by atoms with Crippen molar-refractivity contribution in [1.82, 2.24) is 14.7 Å². The van der Waals surface area contributed by atoms with Crippen LogP contribution in [0.15, 0.2) is 17.8 Å². The van der Waals surface area contributed by atoms with Crippen molar-refractivity contribution >= 4 is 22.2 Å². The van der Waals surface area contributed by atoms with Gasteiger partial charge in [0.15, 0.2) is 4.96 Å². The highest BCUT2D eigenvalue weighted by molar-refractivity contribution is 7.15. The summed E-state index contributed by atoms with van der Waals surface area (Å²) in [5.41, 5.74) is 0.417. The third-order valence-corrected chi connectivity index (χ3v) is 4.43. The van der Waals surface area contributed by atoms with Gasteiger partial charge in [-0.25, -0.2) is 4.98 Å². The predicted octanol–water partition coefficient (Wildman–Crippen LogP) is 2.10. The second-order valence-electron chi connectivity index (χ2n) is 6.46. The van der Waals surface area contributed by atoms with Crippen molar-refractivity contribution in [2.75, 3.05) is 6.54 Å². The number of imidazole rings is 1. The van der Waals surface area contributed by atoms with Crippen LogP contribution in [0.4, 0.5) is 0 Å². The van der Waals surface area contributed by atoms with Crippen molar-refractivity contribution in [3.8, 4) is 0 Å². The summed E-state index contributed by atoms with van der Waals surface area (Å²) in [5.74, 6) is 0.0987. The highest BCUT2D eigenvalue weighted by atomic mass is 32.1. The summed E-state index contributed by atoms with van der Waals surface area (Å²) in [6, 6.07) is 0. The number of hydrogen-bond acceptors (Lipinski definition) is 4. The highest BCUT2D eigenvalue weighted by Gasteiger charge is 2.30. The Kier molecular flexibility index (Phi) is 4.68. The minimum absolute atomic E-state index is 0.0650. The van der Waals surface area contributed by atoms with E-state index in [-0.39, 0.29) is 23.7 Å². The van der Waals surface area contributed by atoms with E-state index in [0.29, 0.717) is 6.54 Å². The molecule has 1 amide bonds. The molecule has 1 unspecified atom stereocenters. The van der Waals surface area contributed by atoms with Crippen LogP contribution in [0.2, 0.25) is 0 Å². The summed E-state index contributed by atoms with van der Waals surface area (Å²) < 4.78 is 1.92. The first kappa shape index (κ1) is 16.0. The molecule has 0 saturated heterocycles. The standard InChI is InChI=1S/C15H23N3O2S/c1-10(2)13(20)15(3,4)9-16-12(19)7-11-8-18-5-6-21-14(18)17-11/h5-6,8,10,13,20H,7,9H2,1-4H3,(H,16,19). The molecule has 0 radical (unpaired) electrons. The molecule has 0 aromatic carbocycles. The summed E-state index contributed by atoms with van der Waals surface area (Å²) in [7, 11) is 0. The Bertz CT molecular complexity index is 587. The van der Waals surface area contributed by atoms with Crippen molar-refractivity contribution in [2.45, 2.75) is 40.2 Å². The van der Waals surface area contributed by atoms with Gasteiger partial charge in [-0.2, -0.15) is 0 Å². The first-order chi connectivity index (χ1) is 9.79. The maximum atomic E-state index is 12.0. The van der Waals surface area contributed by atoms with Crippen LogP contribution in [0, 0.1) is 11.3 Å². The number of aromatic nitrogens is 2. The van der Waals surface area contributed by atoms with E-state index in [1.165, 1.54) is 0 Å². The lowest BCUT2D eigenvalue weighted by molar-refractivity contribution is -0.121. The number of nitrogens with zero attached hydrogens (tertiary/aromatic N) is 2. The minimum atomic E-state index is -0.448. The topological polar surface area (TPSA) is 66.6 Å². The van der Waals surface area contributed by atoms with Gasteiger partial charge in [0.1, 0.15) is 0 Å². The third-order valence-electron chi connectivity index (χ3n) is 3.66. The summed E-state index contributed by atoms with van der Waals surface area (Å²) >= 11 is 1.55. The van der Waals surface area contributed by atoms with Crippen LogP contribution < -0.4 is 5.32 Å². The zero-order valence-electron chi connectivity index (χ0n) is 13.0. The molecule has 6 heteroatoms. The molecule has 0 aliphatic heterocycles. The number of hydrogen-bond donors (Lipinski definition) is 2. The fraction of sp³-hybridized carbons (Fsp3) is 0.600. The molecule has 0 bridgehead atoms. The number of amides is 1. The lowest BCUT2D eigenvalue weighted by atomic mass is 9.80. The van der Waals surface area contributed by atoms with Crippen LogP contribution in [0.3, 0.4) is 0 Å². The molecule has 21 heavy (non-hydrogen) atoms. The Hall–Kier alpha value is -1.40. The van der Waals surface area contributed by atoms with E-state index in [1.54, 1.807) is 11.3 Å². The molecule has 0 spiro atoms. The Balaban J connectivity index is 1.88. The number of aliphatic hydroxyl groups excluding tert-OH is 1. The van der Waals surface area contributed by atoms with Gasteiger partial charge in [0.25, 0.3) is 0 Å². The molecule has 2 aromatic rings. The summed E-state index contributed by atoms with van der Waals surface area (Å²) in [4.78, 5) is 17.3. The molecule has 0 aliphatic carbocycles. The van der Waals surface area contributed by atoms with Crippen molar-refractivity contribution in [3.63, 3.8) is 0 Å². The van der Waals surface area contributed by atoms with E-state index >= 15 is 0 Å². The molecule has 2 aromatic heterocycles. The predicted molar refractivity (Wildman–Crippen MR) is 84.4 cm³/mol. The molecule has 0 aliphatic rings. The van der Waals surface area contributed by atoms with Crippen molar-refractivity contribution in [1.29, 1.82) is 0 Å².